The molecule has 1 unspecified atom stereocenters. The van der Waals surface area contributed by atoms with E-state index >= 15 is 0 Å². The van der Waals surface area contributed by atoms with Gasteiger partial charge in [-0.05, 0) is 34.9 Å². The zero-order valence-corrected chi connectivity index (χ0v) is 12.0. The third-order valence-corrected chi connectivity index (χ3v) is 3.72. The highest BCUT2D eigenvalue weighted by molar-refractivity contribution is 5.86. The summed E-state index contributed by atoms with van der Waals surface area (Å²) in [7, 11) is 0. The van der Waals surface area contributed by atoms with Gasteiger partial charge in [0.15, 0.2) is 0 Å². The minimum atomic E-state index is 0.232. The first-order chi connectivity index (χ1) is 10.4. The minimum absolute atomic E-state index is 0.232. The first kappa shape index (κ1) is 13.4. The summed E-state index contributed by atoms with van der Waals surface area (Å²) in [6, 6.07) is 25.6. The van der Waals surface area contributed by atoms with Gasteiger partial charge in [0.2, 0.25) is 0 Å². The van der Waals surface area contributed by atoms with Crippen molar-refractivity contribution in [1.29, 1.82) is 0 Å². The van der Waals surface area contributed by atoms with E-state index in [9.17, 15) is 0 Å². The second-order valence-corrected chi connectivity index (χ2v) is 5.16. The molecule has 21 heavy (non-hydrogen) atoms. The van der Waals surface area contributed by atoms with Crippen LogP contribution in [0.15, 0.2) is 85.5 Å². The normalized spacial score (nSPS) is 12.0. The average Bonchev–Trinajstić information content (AvgIpc) is 2.55. The first-order valence-electron chi connectivity index (χ1n) is 7.28. The van der Waals surface area contributed by atoms with Gasteiger partial charge in [-0.25, -0.2) is 0 Å². The van der Waals surface area contributed by atoms with E-state index in [4.69, 9.17) is 0 Å². The van der Waals surface area contributed by atoms with Crippen LogP contribution in [0.3, 0.4) is 0 Å². The minimum Gasteiger partial charge on any atom is -0.378 e. The Kier molecular flexibility index (Phi) is 4.02. The predicted octanol–water partition coefficient (Wildman–Crippen LogP) is 5.57. The maximum Gasteiger partial charge on any atom is 0.0554 e. The van der Waals surface area contributed by atoms with Gasteiger partial charge >= 0.3 is 0 Å². The molecule has 0 aliphatic heterocycles. The molecule has 1 N–H and O–H groups in total. The third kappa shape index (κ3) is 2.97. The monoisotopic (exact) mass is 273 g/mol. The molecule has 0 aliphatic rings. The van der Waals surface area contributed by atoms with Crippen molar-refractivity contribution in [2.75, 3.05) is 5.32 Å². The highest BCUT2D eigenvalue weighted by Crippen LogP contribution is 2.29. The molecule has 0 saturated heterocycles. The maximum atomic E-state index is 3.91. The Bertz CT molecular complexity index is 726. The number of fused-ring (bicyclic) bond motifs is 1. The van der Waals surface area contributed by atoms with Gasteiger partial charge in [0.25, 0.3) is 0 Å². The fourth-order valence-corrected chi connectivity index (χ4v) is 2.72. The molecular weight excluding hydrogens is 254 g/mol. The van der Waals surface area contributed by atoms with Crippen molar-refractivity contribution >= 4 is 16.5 Å². The van der Waals surface area contributed by atoms with Crippen LogP contribution in [0.25, 0.3) is 10.8 Å². The molecule has 0 amide bonds. The lowest BCUT2D eigenvalue weighted by molar-refractivity contribution is 0.806. The van der Waals surface area contributed by atoms with Crippen LogP contribution in [-0.2, 0) is 0 Å². The van der Waals surface area contributed by atoms with E-state index in [0.717, 1.165) is 12.1 Å². The lowest BCUT2D eigenvalue weighted by Crippen LogP contribution is -2.10. The predicted molar refractivity (Wildman–Crippen MR) is 91.6 cm³/mol. The Morgan fingerprint density at radius 3 is 2.38 bits per heavy atom. The van der Waals surface area contributed by atoms with E-state index in [1.165, 1.54) is 16.3 Å². The molecule has 0 aliphatic carbocycles. The Hall–Kier alpha value is -2.54. The van der Waals surface area contributed by atoms with Crippen LogP contribution in [0.5, 0.6) is 0 Å². The smallest absolute Gasteiger partial charge is 0.0554 e. The quantitative estimate of drug-likeness (QED) is 0.599. The molecule has 1 nitrogen and oxygen atoms in total. The molecule has 0 bridgehead atoms. The van der Waals surface area contributed by atoms with Crippen molar-refractivity contribution in [2.45, 2.75) is 12.5 Å². The fourth-order valence-electron chi connectivity index (χ4n) is 2.72. The summed E-state index contributed by atoms with van der Waals surface area (Å²) in [5.41, 5.74) is 2.45. The summed E-state index contributed by atoms with van der Waals surface area (Å²) in [5, 5.41) is 6.20. The Morgan fingerprint density at radius 1 is 0.857 bits per heavy atom. The molecule has 1 heteroatoms. The van der Waals surface area contributed by atoms with Crippen molar-refractivity contribution < 1.29 is 0 Å². The number of rotatable bonds is 5. The van der Waals surface area contributed by atoms with Gasteiger partial charge in [-0.2, -0.15) is 0 Å². The maximum absolute atomic E-state index is 3.91. The molecule has 3 aromatic rings. The Labute approximate surface area is 125 Å². The summed E-state index contributed by atoms with van der Waals surface area (Å²) < 4.78 is 0. The molecule has 0 saturated carbocycles. The summed E-state index contributed by atoms with van der Waals surface area (Å²) in [6.07, 6.45) is 2.87. The molecule has 0 radical (unpaired) electrons. The zero-order chi connectivity index (χ0) is 14.5. The van der Waals surface area contributed by atoms with E-state index in [-0.39, 0.29) is 6.04 Å². The van der Waals surface area contributed by atoms with Crippen LogP contribution >= 0.6 is 0 Å². The second kappa shape index (κ2) is 6.27. The van der Waals surface area contributed by atoms with Crippen LogP contribution in [0.2, 0.25) is 0 Å². The van der Waals surface area contributed by atoms with Gasteiger partial charge < -0.3 is 5.32 Å². The molecule has 3 rings (SSSR count). The lowest BCUT2D eigenvalue weighted by atomic mass is 9.96. The van der Waals surface area contributed by atoms with Crippen molar-refractivity contribution in [3.05, 3.63) is 91.0 Å². The number of hydrogen-bond acceptors (Lipinski definition) is 1. The fraction of sp³-hybridized carbons (Fsp3) is 0.100. The van der Waals surface area contributed by atoms with Crippen molar-refractivity contribution in [3.63, 3.8) is 0 Å². The van der Waals surface area contributed by atoms with E-state index in [2.05, 4.69) is 78.6 Å². The van der Waals surface area contributed by atoms with Crippen molar-refractivity contribution in [1.82, 2.24) is 0 Å². The van der Waals surface area contributed by atoms with Crippen LogP contribution < -0.4 is 5.32 Å². The van der Waals surface area contributed by atoms with Crippen LogP contribution in [0, 0.1) is 0 Å². The first-order valence-corrected chi connectivity index (χ1v) is 7.28. The van der Waals surface area contributed by atoms with Gasteiger partial charge in [-0.3, -0.25) is 0 Å². The zero-order valence-electron chi connectivity index (χ0n) is 12.0. The van der Waals surface area contributed by atoms with Gasteiger partial charge in [0.1, 0.15) is 0 Å². The molecule has 0 spiro atoms. The van der Waals surface area contributed by atoms with Crippen LogP contribution in [-0.4, -0.2) is 0 Å². The van der Waals surface area contributed by atoms with Gasteiger partial charge in [0.05, 0.1) is 6.04 Å². The highest BCUT2D eigenvalue weighted by Gasteiger charge is 2.12. The van der Waals surface area contributed by atoms with Gasteiger partial charge in [-0.15, -0.1) is 6.58 Å². The number of anilines is 1. The largest absolute Gasteiger partial charge is 0.378 e. The van der Waals surface area contributed by atoms with Crippen LogP contribution in [0.4, 0.5) is 5.69 Å². The third-order valence-electron chi connectivity index (χ3n) is 3.72. The molecule has 104 valence electrons. The SMILES string of the molecule is C=CCC(Nc1ccccc1)c1cccc2ccccc12. The summed E-state index contributed by atoms with van der Waals surface area (Å²) in [4.78, 5) is 0. The number of nitrogens with one attached hydrogen (secondary N) is 1. The lowest BCUT2D eigenvalue weighted by Gasteiger charge is -2.21. The highest BCUT2D eigenvalue weighted by atomic mass is 14.9. The molecule has 0 fully saturated rings. The van der Waals surface area contributed by atoms with Gasteiger partial charge in [0, 0.05) is 5.69 Å². The Morgan fingerprint density at radius 2 is 1.57 bits per heavy atom. The number of benzene rings is 3. The van der Waals surface area contributed by atoms with E-state index in [1.807, 2.05) is 12.1 Å². The van der Waals surface area contributed by atoms with Crippen molar-refractivity contribution in [2.24, 2.45) is 0 Å². The standard InChI is InChI=1S/C20H19N/c1-2-9-20(21-17-12-4-3-5-13-17)19-15-8-11-16-10-6-7-14-18(16)19/h2-8,10-15,20-21H,1,9H2. The van der Waals surface area contributed by atoms with E-state index in [0.29, 0.717) is 0 Å². The van der Waals surface area contributed by atoms with Crippen molar-refractivity contribution in [3.8, 4) is 0 Å². The molecule has 3 aromatic carbocycles. The number of hydrogen-bond donors (Lipinski definition) is 1. The topological polar surface area (TPSA) is 12.0 Å². The molecule has 0 heterocycles. The average molecular weight is 273 g/mol. The summed E-state index contributed by atoms with van der Waals surface area (Å²) in [6.45, 7) is 3.91. The summed E-state index contributed by atoms with van der Waals surface area (Å²) >= 11 is 0. The Balaban J connectivity index is 2.01. The second-order valence-electron chi connectivity index (χ2n) is 5.16. The summed E-state index contributed by atoms with van der Waals surface area (Å²) in [5.74, 6) is 0. The van der Waals surface area contributed by atoms with E-state index in [1.54, 1.807) is 0 Å². The molecular formula is C20H19N. The number of para-hydroxylation sites is 1. The van der Waals surface area contributed by atoms with Gasteiger partial charge in [-0.1, -0.05) is 66.7 Å². The van der Waals surface area contributed by atoms with E-state index < -0.39 is 0 Å². The molecule has 1 atom stereocenters. The molecule has 0 aromatic heterocycles. The van der Waals surface area contributed by atoms with Crippen LogP contribution in [0.1, 0.15) is 18.0 Å².